The fraction of sp³-hybridized carbons (Fsp3) is 0.909. The van der Waals surface area contributed by atoms with Gasteiger partial charge >= 0.3 is 6.18 Å². The minimum atomic E-state index is -4.41. The average Bonchev–Trinajstić information content (AvgIpc) is 2.59. The largest absolute Gasteiger partial charge is 0.402 e. The number of halogens is 3. The number of hydrogen-bond donors (Lipinski definition) is 1. The van der Waals surface area contributed by atoms with Gasteiger partial charge in [0.1, 0.15) is 11.2 Å². The van der Waals surface area contributed by atoms with Crippen LogP contribution >= 0.6 is 0 Å². The average molecular weight is 235 g/mol. The topological polar surface area (TPSA) is 29.1 Å². The van der Waals surface area contributed by atoms with E-state index in [1.807, 2.05) is 0 Å². The van der Waals surface area contributed by atoms with Crippen LogP contribution in [-0.2, 0) is 4.79 Å². The second-order valence-electron chi connectivity index (χ2n) is 4.93. The quantitative estimate of drug-likeness (QED) is 0.813. The number of carbonyl (C=O) groups is 1. The van der Waals surface area contributed by atoms with E-state index in [-0.39, 0.29) is 31.8 Å². The SMILES string of the molecule is O=C(CC1CCC1)C1(C(F)(F)F)CCNC1. The molecule has 0 radical (unpaired) electrons. The van der Waals surface area contributed by atoms with E-state index in [9.17, 15) is 18.0 Å². The highest BCUT2D eigenvalue weighted by molar-refractivity contribution is 5.86. The van der Waals surface area contributed by atoms with Gasteiger partial charge in [-0.2, -0.15) is 13.2 Å². The molecule has 2 rings (SSSR count). The molecule has 2 fully saturated rings. The van der Waals surface area contributed by atoms with Crippen molar-refractivity contribution in [2.24, 2.45) is 11.3 Å². The second kappa shape index (κ2) is 4.02. The van der Waals surface area contributed by atoms with Gasteiger partial charge in [-0.15, -0.1) is 0 Å². The summed E-state index contributed by atoms with van der Waals surface area (Å²) < 4.78 is 38.9. The summed E-state index contributed by atoms with van der Waals surface area (Å²) in [6.45, 7) is 0.0535. The Hall–Kier alpha value is -0.580. The Morgan fingerprint density at radius 1 is 1.38 bits per heavy atom. The van der Waals surface area contributed by atoms with Crippen molar-refractivity contribution < 1.29 is 18.0 Å². The van der Waals surface area contributed by atoms with Crippen molar-refractivity contribution >= 4 is 5.78 Å². The van der Waals surface area contributed by atoms with Gasteiger partial charge < -0.3 is 5.32 Å². The Bertz CT molecular complexity index is 277. The van der Waals surface area contributed by atoms with Crippen LogP contribution in [0, 0.1) is 11.3 Å². The number of carbonyl (C=O) groups excluding carboxylic acids is 1. The van der Waals surface area contributed by atoms with Crippen LogP contribution in [0.15, 0.2) is 0 Å². The van der Waals surface area contributed by atoms with Gasteiger partial charge in [0.2, 0.25) is 0 Å². The third-order valence-corrected chi connectivity index (χ3v) is 3.93. The van der Waals surface area contributed by atoms with Crippen LogP contribution in [0.3, 0.4) is 0 Å². The second-order valence-corrected chi connectivity index (χ2v) is 4.93. The van der Waals surface area contributed by atoms with Crippen molar-refractivity contribution in [2.75, 3.05) is 13.1 Å². The summed E-state index contributed by atoms with van der Waals surface area (Å²) >= 11 is 0. The van der Waals surface area contributed by atoms with Crippen LogP contribution in [0.5, 0.6) is 0 Å². The summed E-state index contributed by atoms with van der Waals surface area (Å²) in [6, 6.07) is 0. The number of rotatable bonds is 3. The molecular weight excluding hydrogens is 219 g/mol. The molecule has 0 aromatic carbocycles. The van der Waals surface area contributed by atoms with Gasteiger partial charge in [-0.05, 0) is 18.9 Å². The van der Waals surface area contributed by atoms with E-state index in [1.54, 1.807) is 0 Å². The van der Waals surface area contributed by atoms with Crippen LogP contribution in [0.1, 0.15) is 32.1 Å². The van der Waals surface area contributed by atoms with E-state index in [0.717, 1.165) is 19.3 Å². The van der Waals surface area contributed by atoms with Crippen molar-refractivity contribution in [3.05, 3.63) is 0 Å². The summed E-state index contributed by atoms with van der Waals surface area (Å²) in [5, 5.41) is 2.67. The Morgan fingerprint density at radius 2 is 2.06 bits per heavy atom. The molecule has 0 aromatic heterocycles. The number of Topliss-reactive ketones (excluding diaryl/α,β-unsaturated/α-hetero) is 1. The lowest BCUT2D eigenvalue weighted by molar-refractivity contribution is -0.215. The fourth-order valence-corrected chi connectivity index (χ4v) is 2.48. The van der Waals surface area contributed by atoms with Crippen LogP contribution < -0.4 is 5.32 Å². The molecule has 0 spiro atoms. The first-order valence-electron chi connectivity index (χ1n) is 5.76. The maximum atomic E-state index is 13.0. The van der Waals surface area contributed by atoms with Crippen LogP contribution in [0.4, 0.5) is 13.2 Å². The first kappa shape index (κ1) is 11.9. The monoisotopic (exact) mass is 235 g/mol. The van der Waals surface area contributed by atoms with E-state index in [2.05, 4.69) is 5.32 Å². The maximum Gasteiger partial charge on any atom is 0.402 e. The van der Waals surface area contributed by atoms with Gasteiger partial charge in [-0.25, -0.2) is 0 Å². The standard InChI is InChI=1S/C11H16F3NO/c12-11(13,14)10(4-5-15-7-10)9(16)6-8-2-1-3-8/h8,15H,1-7H2. The lowest BCUT2D eigenvalue weighted by atomic mass is 9.73. The molecule has 1 heterocycles. The van der Waals surface area contributed by atoms with Crippen LogP contribution in [0.2, 0.25) is 0 Å². The minimum absolute atomic E-state index is 0.0952. The Balaban J connectivity index is 2.09. The molecule has 92 valence electrons. The predicted molar refractivity (Wildman–Crippen MR) is 52.9 cm³/mol. The Kier molecular flexibility index (Phi) is 2.99. The zero-order chi connectivity index (χ0) is 11.8. The van der Waals surface area contributed by atoms with Crippen molar-refractivity contribution in [1.29, 1.82) is 0 Å². The molecule has 2 aliphatic rings. The highest BCUT2D eigenvalue weighted by atomic mass is 19.4. The summed E-state index contributed by atoms with van der Waals surface area (Å²) in [7, 11) is 0. The fourth-order valence-electron chi connectivity index (χ4n) is 2.48. The molecule has 1 aliphatic heterocycles. The maximum absolute atomic E-state index is 13.0. The molecule has 16 heavy (non-hydrogen) atoms. The molecule has 1 atom stereocenters. The van der Waals surface area contributed by atoms with Gasteiger partial charge in [-0.3, -0.25) is 4.79 Å². The van der Waals surface area contributed by atoms with Crippen molar-refractivity contribution in [2.45, 2.75) is 38.3 Å². The Morgan fingerprint density at radius 3 is 2.44 bits per heavy atom. The van der Waals surface area contributed by atoms with E-state index < -0.39 is 17.4 Å². The highest BCUT2D eigenvalue weighted by Gasteiger charge is 2.60. The van der Waals surface area contributed by atoms with Crippen LogP contribution in [0.25, 0.3) is 0 Å². The first-order chi connectivity index (χ1) is 7.46. The molecular formula is C11H16F3NO. The van der Waals surface area contributed by atoms with E-state index in [0.29, 0.717) is 0 Å². The lowest BCUT2D eigenvalue weighted by Crippen LogP contribution is -2.47. The minimum Gasteiger partial charge on any atom is -0.315 e. The van der Waals surface area contributed by atoms with Gasteiger partial charge in [-0.1, -0.05) is 19.3 Å². The summed E-state index contributed by atoms with van der Waals surface area (Å²) in [5.74, 6) is -0.401. The first-order valence-corrected chi connectivity index (χ1v) is 5.76. The molecule has 1 aliphatic carbocycles. The molecule has 1 N–H and O–H groups in total. The normalized spacial score (nSPS) is 31.4. The summed E-state index contributed by atoms with van der Waals surface area (Å²) in [6.07, 6.45) is -1.52. The van der Waals surface area contributed by atoms with Gasteiger partial charge in [0, 0.05) is 13.0 Å². The highest BCUT2D eigenvalue weighted by Crippen LogP contribution is 2.46. The van der Waals surface area contributed by atoms with E-state index >= 15 is 0 Å². The molecule has 5 heteroatoms. The van der Waals surface area contributed by atoms with Gasteiger partial charge in [0.05, 0.1) is 0 Å². The van der Waals surface area contributed by atoms with E-state index in [1.165, 1.54) is 0 Å². The van der Waals surface area contributed by atoms with Crippen LogP contribution in [-0.4, -0.2) is 25.0 Å². The van der Waals surface area contributed by atoms with E-state index in [4.69, 9.17) is 0 Å². The van der Waals surface area contributed by atoms with Gasteiger partial charge in [0.25, 0.3) is 0 Å². The smallest absolute Gasteiger partial charge is 0.315 e. The van der Waals surface area contributed by atoms with Crippen molar-refractivity contribution in [3.8, 4) is 0 Å². The third kappa shape index (κ3) is 1.85. The molecule has 2 nitrogen and oxygen atoms in total. The molecule has 0 aromatic rings. The number of nitrogens with one attached hydrogen (secondary N) is 1. The molecule has 0 amide bonds. The number of alkyl halides is 3. The molecule has 0 bridgehead atoms. The predicted octanol–water partition coefficient (Wildman–Crippen LogP) is 2.29. The van der Waals surface area contributed by atoms with Crippen molar-refractivity contribution in [3.63, 3.8) is 0 Å². The van der Waals surface area contributed by atoms with Crippen molar-refractivity contribution in [1.82, 2.24) is 5.32 Å². The summed E-state index contributed by atoms with van der Waals surface area (Å²) in [5.41, 5.74) is -2.09. The lowest BCUT2D eigenvalue weighted by Gasteiger charge is -2.33. The molecule has 1 saturated carbocycles. The molecule has 1 saturated heterocycles. The summed E-state index contributed by atoms with van der Waals surface area (Å²) in [4.78, 5) is 11.9. The zero-order valence-electron chi connectivity index (χ0n) is 9.07. The van der Waals surface area contributed by atoms with Gasteiger partial charge in [0.15, 0.2) is 0 Å². The Labute approximate surface area is 92.6 Å². The third-order valence-electron chi connectivity index (χ3n) is 3.93. The zero-order valence-corrected chi connectivity index (χ0v) is 9.07. The molecule has 1 unspecified atom stereocenters. The number of hydrogen-bond acceptors (Lipinski definition) is 2. The number of ketones is 1.